The van der Waals surface area contributed by atoms with Crippen LogP contribution in [-0.2, 0) is 33.3 Å². The van der Waals surface area contributed by atoms with Crippen LogP contribution >= 0.6 is 11.8 Å². The Labute approximate surface area is 149 Å². The molecule has 1 saturated heterocycles. The van der Waals surface area contributed by atoms with Gasteiger partial charge in [-0.2, -0.15) is 0 Å². The van der Waals surface area contributed by atoms with Crippen LogP contribution in [0.1, 0.15) is 27.7 Å². The second-order valence-corrected chi connectivity index (χ2v) is 6.52. The number of carbonyl (C=O) groups is 3. The molecule has 1 rings (SSSR count). The third-order valence-corrected chi connectivity index (χ3v) is 4.23. The van der Waals surface area contributed by atoms with Gasteiger partial charge in [0.15, 0.2) is 0 Å². The van der Waals surface area contributed by atoms with Gasteiger partial charge < -0.3 is 18.9 Å². The molecule has 1 heterocycles. The second-order valence-electron chi connectivity index (χ2n) is 5.14. The van der Waals surface area contributed by atoms with Crippen LogP contribution in [0.3, 0.4) is 0 Å². The monoisotopic (exact) mass is 375 g/mol. The van der Waals surface area contributed by atoms with Gasteiger partial charge in [0.2, 0.25) is 0 Å². The molecule has 0 bridgehead atoms. The first-order valence-electron chi connectivity index (χ1n) is 7.59. The van der Waals surface area contributed by atoms with Crippen LogP contribution in [0.25, 0.3) is 10.4 Å². The second kappa shape index (κ2) is 10.1. The SMILES string of the molecule is CCS[C@H]1OC(COC(C)=O)[C@H](OC(C)=O)[C@H](N=[N+]=[N-])C1OC(C)=O. The van der Waals surface area contributed by atoms with E-state index in [1.165, 1.54) is 32.5 Å². The molecule has 0 aliphatic carbocycles. The summed E-state index contributed by atoms with van der Waals surface area (Å²) in [4.78, 5) is 36.8. The highest BCUT2D eigenvalue weighted by Crippen LogP contribution is 2.34. The maximum absolute atomic E-state index is 11.4. The number of esters is 3. The summed E-state index contributed by atoms with van der Waals surface area (Å²) >= 11 is 1.33. The summed E-state index contributed by atoms with van der Waals surface area (Å²) in [5, 5.41) is 3.65. The minimum absolute atomic E-state index is 0.196. The van der Waals surface area contributed by atoms with Crippen LogP contribution in [0.4, 0.5) is 0 Å². The lowest BCUT2D eigenvalue weighted by Gasteiger charge is -2.43. The van der Waals surface area contributed by atoms with E-state index in [4.69, 9.17) is 24.5 Å². The quantitative estimate of drug-likeness (QED) is 0.215. The van der Waals surface area contributed by atoms with Gasteiger partial charge >= 0.3 is 17.9 Å². The molecule has 140 valence electrons. The van der Waals surface area contributed by atoms with Gasteiger partial charge in [0.25, 0.3) is 0 Å². The van der Waals surface area contributed by atoms with Crippen molar-refractivity contribution in [3.05, 3.63) is 10.4 Å². The van der Waals surface area contributed by atoms with E-state index in [1.807, 2.05) is 6.92 Å². The Balaban J connectivity index is 3.20. The van der Waals surface area contributed by atoms with Gasteiger partial charge in [-0.25, -0.2) is 0 Å². The summed E-state index contributed by atoms with van der Waals surface area (Å²) in [5.74, 6) is -1.13. The molecular formula is C14H21N3O7S. The molecule has 1 aliphatic rings. The van der Waals surface area contributed by atoms with E-state index in [0.717, 1.165) is 0 Å². The summed E-state index contributed by atoms with van der Waals surface area (Å²) < 4.78 is 21.3. The third-order valence-electron chi connectivity index (χ3n) is 3.19. The summed E-state index contributed by atoms with van der Waals surface area (Å²) in [6.45, 7) is 5.31. The maximum Gasteiger partial charge on any atom is 0.303 e. The Bertz CT molecular complexity index is 553. The first-order chi connectivity index (χ1) is 11.8. The molecule has 2 unspecified atom stereocenters. The van der Waals surface area contributed by atoms with Gasteiger partial charge in [0, 0.05) is 25.7 Å². The molecule has 0 radical (unpaired) electrons. The van der Waals surface area contributed by atoms with Crippen LogP contribution in [-0.4, -0.2) is 60.1 Å². The van der Waals surface area contributed by atoms with E-state index in [-0.39, 0.29) is 6.61 Å². The van der Waals surface area contributed by atoms with Crippen molar-refractivity contribution in [3.63, 3.8) is 0 Å². The molecule has 25 heavy (non-hydrogen) atoms. The van der Waals surface area contributed by atoms with E-state index < -0.39 is 47.7 Å². The highest BCUT2D eigenvalue weighted by atomic mass is 32.2. The average Bonchev–Trinajstić information content (AvgIpc) is 2.50. The van der Waals surface area contributed by atoms with E-state index in [0.29, 0.717) is 5.75 Å². The lowest BCUT2D eigenvalue weighted by atomic mass is 9.97. The molecule has 0 N–H and O–H groups in total. The van der Waals surface area contributed by atoms with E-state index in [1.54, 1.807) is 0 Å². The molecule has 0 amide bonds. The predicted molar refractivity (Wildman–Crippen MR) is 87.5 cm³/mol. The van der Waals surface area contributed by atoms with Crippen molar-refractivity contribution < 1.29 is 33.3 Å². The zero-order valence-corrected chi connectivity index (χ0v) is 15.2. The Hall–Kier alpha value is -1.97. The number of thioether (sulfide) groups is 1. The number of rotatable bonds is 7. The average molecular weight is 375 g/mol. The molecule has 0 spiro atoms. The van der Waals surface area contributed by atoms with Crippen molar-refractivity contribution in [1.82, 2.24) is 0 Å². The predicted octanol–water partition coefficient (Wildman–Crippen LogP) is 1.57. The van der Waals surface area contributed by atoms with Crippen molar-refractivity contribution >= 4 is 29.7 Å². The van der Waals surface area contributed by atoms with Crippen molar-refractivity contribution in [3.8, 4) is 0 Å². The third kappa shape index (κ3) is 6.45. The first kappa shape index (κ1) is 21.1. The van der Waals surface area contributed by atoms with Gasteiger partial charge in [-0.3, -0.25) is 14.4 Å². The van der Waals surface area contributed by atoms with Crippen LogP contribution in [0.15, 0.2) is 5.11 Å². The number of hydrogen-bond acceptors (Lipinski definition) is 9. The van der Waals surface area contributed by atoms with E-state index >= 15 is 0 Å². The molecule has 11 heteroatoms. The topological polar surface area (TPSA) is 137 Å². The molecular weight excluding hydrogens is 354 g/mol. The summed E-state index contributed by atoms with van der Waals surface area (Å²) in [7, 11) is 0. The van der Waals surface area contributed by atoms with Crippen molar-refractivity contribution in [2.24, 2.45) is 5.11 Å². The normalized spacial score (nSPS) is 28.4. The highest BCUT2D eigenvalue weighted by Gasteiger charge is 2.49. The molecule has 0 aromatic rings. The standard InChI is InChI=1S/C14H21N3O7S/c1-5-25-14-13(23-9(4)20)11(16-17-15)12(22-8(3)19)10(24-14)6-21-7(2)18/h10-14H,5-6H2,1-4H3/t10?,11-,12-,13?,14+/m0/s1. The van der Waals surface area contributed by atoms with Gasteiger partial charge in [-0.05, 0) is 11.3 Å². The van der Waals surface area contributed by atoms with Gasteiger partial charge in [0.05, 0.1) is 0 Å². The Kier molecular flexibility index (Phi) is 8.53. The number of ether oxygens (including phenoxy) is 4. The molecule has 10 nitrogen and oxygen atoms in total. The number of hydrogen-bond donors (Lipinski definition) is 0. The molecule has 1 aliphatic heterocycles. The van der Waals surface area contributed by atoms with Crippen LogP contribution in [0.2, 0.25) is 0 Å². The maximum atomic E-state index is 11.4. The molecule has 5 atom stereocenters. The zero-order valence-electron chi connectivity index (χ0n) is 14.4. The molecule has 0 saturated carbocycles. The van der Waals surface area contributed by atoms with Crippen molar-refractivity contribution in [2.45, 2.75) is 57.5 Å². The lowest BCUT2D eigenvalue weighted by Crippen LogP contribution is -2.59. The molecule has 0 aromatic heterocycles. The van der Waals surface area contributed by atoms with Crippen molar-refractivity contribution in [2.75, 3.05) is 12.4 Å². The van der Waals surface area contributed by atoms with Gasteiger partial charge in [-0.15, -0.1) is 11.8 Å². The van der Waals surface area contributed by atoms with Crippen LogP contribution < -0.4 is 0 Å². The van der Waals surface area contributed by atoms with Gasteiger partial charge in [-0.1, -0.05) is 12.0 Å². The fourth-order valence-electron chi connectivity index (χ4n) is 2.37. The number of carbonyl (C=O) groups excluding carboxylic acids is 3. The fourth-order valence-corrected chi connectivity index (χ4v) is 3.33. The summed E-state index contributed by atoms with van der Waals surface area (Å²) in [6.07, 6.45) is -2.87. The Morgan fingerprint density at radius 3 is 2.20 bits per heavy atom. The van der Waals surface area contributed by atoms with E-state index in [9.17, 15) is 14.4 Å². The first-order valence-corrected chi connectivity index (χ1v) is 8.64. The fraction of sp³-hybridized carbons (Fsp3) is 0.786. The highest BCUT2D eigenvalue weighted by molar-refractivity contribution is 7.99. The zero-order chi connectivity index (χ0) is 19.0. The molecule has 1 fully saturated rings. The van der Waals surface area contributed by atoms with Crippen LogP contribution in [0.5, 0.6) is 0 Å². The molecule has 0 aromatic carbocycles. The van der Waals surface area contributed by atoms with Crippen LogP contribution in [0, 0.1) is 0 Å². The van der Waals surface area contributed by atoms with Crippen molar-refractivity contribution in [1.29, 1.82) is 0 Å². The Morgan fingerprint density at radius 2 is 1.72 bits per heavy atom. The lowest BCUT2D eigenvalue weighted by molar-refractivity contribution is -0.201. The van der Waals surface area contributed by atoms with Gasteiger partial charge in [0.1, 0.15) is 36.4 Å². The Morgan fingerprint density at radius 1 is 1.12 bits per heavy atom. The number of azide groups is 1. The van der Waals surface area contributed by atoms with E-state index in [2.05, 4.69) is 10.0 Å². The smallest absolute Gasteiger partial charge is 0.303 e. The minimum atomic E-state index is -1.06. The largest absolute Gasteiger partial charge is 0.463 e. The minimum Gasteiger partial charge on any atom is -0.463 e. The number of nitrogens with zero attached hydrogens (tertiary/aromatic N) is 3. The summed E-state index contributed by atoms with van der Waals surface area (Å²) in [6, 6.07) is -1.02. The summed E-state index contributed by atoms with van der Waals surface area (Å²) in [5.41, 5.74) is 8.22.